The Kier molecular flexibility index (Phi) is 11.8. The molecular weight excluding hydrogens is 806 g/mol. The van der Waals surface area contributed by atoms with Crippen molar-refractivity contribution in [2.75, 3.05) is 22.0 Å². The number of anilines is 2. The number of carboxylic acid groups (broad SMARTS) is 1. The summed E-state index contributed by atoms with van der Waals surface area (Å²) in [5.41, 5.74) is -0.0978. The third kappa shape index (κ3) is 8.95. The van der Waals surface area contributed by atoms with Gasteiger partial charge < -0.3 is 14.7 Å². The molecule has 2 N–H and O–H groups in total. The van der Waals surface area contributed by atoms with Gasteiger partial charge in [-0.2, -0.15) is 0 Å². The molecule has 4 aromatic rings. The molecule has 1 saturated carbocycles. The summed E-state index contributed by atoms with van der Waals surface area (Å²) in [7, 11) is -5.03. The van der Waals surface area contributed by atoms with Crippen LogP contribution in [0.1, 0.15) is 89.5 Å². The molecule has 53 heavy (non-hydrogen) atoms. The minimum Gasteiger partial charge on any atom is -0.492 e. The fourth-order valence-corrected chi connectivity index (χ4v) is 7.91. The number of rotatable bonds is 13. The van der Waals surface area contributed by atoms with E-state index in [-0.39, 0.29) is 46.3 Å². The Balaban J connectivity index is 1.59. The number of halogens is 6. The number of ether oxygens (including phenoxy) is 1. The summed E-state index contributed by atoms with van der Waals surface area (Å²) in [5.74, 6) is -12.0. The Bertz CT molecular complexity index is 2200. The van der Waals surface area contributed by atoms with Crippen LogP contribution >= 0.6 is 27.5 Å². The summed E-state index contributed by atoms with van der Waals surface area (Å²) >= 11 is 9.20. The summed E-state index contributed by atoms with van der Waals surface area (Å²) in [5, 5.41) is 9.40. The molecule has 1 atom stereocenters. The van der Waals surface area contributed by atoms with E-state index >= 15 is 8.78 Å². The lowest BCUT2D eigenvalue weighted by atomic mass is 9.84. The lowest BCUT2D eigenvalue weighted by Crippen LogP contribution is -2.38. The lowest BCUT2D eigenvalue weighted by molar-refractivity contribution is -0.116. The smallest absolute Gasteiger partial charge is 0.335 e. The van der Waals surface area contributed by atoms with Crippen molar-refractivity contribution in [2.24, 2.45) is 0 Å². The molecule has 0 spiro atoms. The number of hydrogen-bond acceptors (Lipinski definition) is 6. The van der Waals surface area contributed by atoms with E-state index in [9.17, 15) is 31.9 Å². The van der Waals surface area contributed by atoms with Crippen molar-refractivity contribution in [3.05, 3.63) is 117 Å². The van der Waals surface area contributed by atoms with Crippen molar-refractivity contribution in [1.29, 1.82) is 0 Å². The fraction of sp³-hybridized carbons (Fsp3) is 0.324. The Morgan fingerprint density at radius 3 is 2.34 bits per heavy atom. The number of aromatic nitrogens is 1. The first-order valence-electron chi connectivity index (χ1n) is 16.4. The molecule has 16 heteroatoms. The zero-order chi connectivity index (χ0) is 39.0. The van der Waals surface area contributed by atoms with Crippen LogP contribution in [-0.2, 0) is 26.8 Å². The van der Waals surface area contributed by atoms with Crippen LogP contribution in [0.5, 0.6) is 5.75 Å². The molecule has 1 fully saturated rings. The number of amides is 1. The van der Waals surface area contributed by atoms with E-state index in [1.807, 2.05) is 32.9 Å². The SMILES string of the molecule is CCOc1cc(C(=O)O)ccc1N(Cc1cc(C2CC2)cc(C(C)(C)C)c1)C(=O)CS(=O)(=O)Nc1c(F)c(F)c(F)c(F)c1C(Br)c1cccnc1Cl. The number of pyridine rings is 1. The lowest BCUT2D eigenvalue weighted by Gasteiger charge is -2.27. The van der Waals surface area contributed by atoms with Crippen LogP contribution in [0.15, 0.2) is 54.7 Å². The third-order valence-corrected chi connectivity index (χ3v) is 11.0. The van der Waals surface area contributed by atoms with Crippen molar-refractivity contribution in [2.45, 2.75) is 63.2 Å². The van der Waals surface area contributed by atoms with E-state index in [1.165, 1.54) is 36.5 Å². The van der Waals surface area contributed by atoms with Gasteiger partial charge in [-0.05, 0) is 72.1 Å². The van der Waals surface area contributed by atoms with Gasteiger partial charge in [-0.3, -0.25) is 9.52 Å². The second kappa shape index (κ2) is 15.6. The number of hydrogen-bond donors (Lipinski definition) is 2. The highest BCUT2D eigenvalue weighted by Gasteiger charge is 2.35. The highest BCUT2D eigenvalue weighted by molar-refractivity contribution is 9.09. The van der Waals surface area contributed by atoms with Gasteiger partial charge in [0.05, 0.1) is 34.9 Å². The topological polar surface area (TPSA) is 126 Å². The molecule has 9 nitrogen and oxygen atoms in total. The van der Waals surface area contributed by atoms with Gasteiger partial charge in [-0.25, -0.2) is 35.8 Å². The van der Waals surface area contributed by atoms with Crippen molar-refractivity contribution in [1.82, 2.24) is 4.98 Å². The maximum atomic E-state index is 15.4. The molecule has 1 amide bonds. The average molecular weight is 841 g/mol. The molecule has 1 heterocycles. The highest BCUT2D eigenvalue weighted by atomic mass is 79.9. The molecule has 0 radical (unpaired) electrons. The van der Waals surface area contributed by atoms with Gasteiger partial charge in [0.25, 0.3) is 0 Å². The standard InChI is InChI=1S/C37H35BrClF4N3O6S/c1-5-52-26-16-21(36(48)49)10-11-25(26)46(17-19-13-22(20-8-9-20)15-23(14-19)37(2,3)4)27(47)18-53(50,51)45-34-28(30(40)31(41)32(42)33(34)43)29(38)24-7-6-12-44-35(24)39/h6-7,10-16,20,29,45H,5,8-9,17-18H2,1-4H3,(H,48,49). The van der Waals surface area contributed by atoms with Crippen molar-refractivity contribution >= 4 is 60.8 Å². The number of carbonyl (C=O) groups excluding carboxylic acids is 1. The van der Waals surface area contributed by atoms with Crippen LogP contribution < -0.4 is 14.4 Å². The van der Waals surface area contributed by atoms with E-state index in [1.54, 1.807) is 11.6 Å². The zero-order valence-corrected chi connectivity index (χ0v) is 32.1. The summed E-state index contributed by atoms with van der Waals surface area (Å²) in [6, 6.07) is 12.3. The molecule has 1 unspecified atom stereocenters. The van der Waals surface area contributed by atoms with Crippen LogP contribution in [0, 0.1) is 23.3 Å². The molecule has 282 valence electrons. The molecule has 1 aliphatic rings. The van der Waals surface area contributed by atoms with Gasteiger partial charge in [0.15, 0.2) is 23.3 Å². The predicted molar refractivity (Wildman–Crippen MR) is 197 cm³/mol. The quantitative estimate of drug-likeness (QED) is 0.0453. The van der Waals surface area contributed by atoms with Gasteiger partial charge >= 0.3 is 5.97 Å². The van der Waals surface area contributed by atoms with Crippen LogP contribution in [-0.4, -0.2) is 42.7 Å². The maximum absolute atomic E-state index is 15.4. The predicted octanol–water partition coefficient (Wildman–Crippen LogP) is 9.02. The first kappa shape index (κ1) is 40.0. The first-order valence-corrected chi connectivity index (χ1v) is 19.3. The van der Waals surface area contributed by atoms with E-state index in [2.05, 4.69) is 27.0 Å². The molecule has 5 rings (SSSR count). The normalized spacial score (nSPS) is 13.8. The van der Waals surface area contributed by atoms with Crippen LogP contribution in [0.2, 0.25) is 5.15 Å². The molecule has 0 aliphatic heterocycles. The molecule has 0 saturated heterocycles. The molecule has 1 aliphatic carbocycles. The number of carboxylic acids is 1. The first-order chi connectivity index (χ1) is 24.8. The summed E-state index contributed by atoms with van der Waals surface area (Å²) < 4.78 is 94.8. The van der Waals surface area contributed by atoms with Gasteiger partial charge in [-0.1, -0.05) is 72.6 Å². The number of nitrogens with zero attached hydrogens (tertiary/aromatic N) is 2. The van der Waals surface area contributed by atoms with Crippen molar-refractivity contribution < 1.29 is 45.4 Å². The summed E-state index contributed by atoms with van der Waals surface area (Å²) in [6.07, 6.45) is 3.25. The number of nitrogens with one attached hydrogen (secondary N) is 1. The van der Waals surface area contributed by atoms with Gasteiger partial charge in [0, 0.05) is 17.3 Å². The third-order valence-electron chi connectivity index (χ3n) is 8.56. The molecular formula is C37H35BrClF4N3O6S. The minimum absolute atomic E-state index is 0.0301. The van der Waals surface area contributed by atoms with Gasteiger partial charge in [-0.15, -0.1) is 0 Å². The fourth-order valence-electron chi connectivity index (χ4n) is 5.69. The van der Waals surface area contributed by atoms with Crippen molar-refractivity contribution in [3.8, 4) is 5.75 Å². The number of aromatic carboxylic acids is 1. The summed E-state index contributed by atoms with van der Waals surface area (Å²) in [4.78, 5) is 29.4. The number of alkyl halides is 1. The largest absolute Gasteiger partial charge is 0.492 e. The summed E-state index contributed by atoms with van der Waals surface area (Å²) in [6.45, 7) is 7.56. The van der Waals surface area contributed by atoms with Crippen LogP contribution in [0.4, 0.5) is 28.9 Å². The van der Waals surface area contributed by atoms with Crippen LogP contribution in [0.3, 0.4) is 0 Å². The molecule has 1 aromatic heterocycles. The average Bonchev–Trinajstić information content (AvgIpc) is 3.94. The number of sulfonamides is 1. The zero-order valence-electron chi connectivity index (χ0n) is 28.9. The number of carbonyl (C=O) groups is 2. The second-order valence-corrected chi connectivity index (χ2v) is 16.5. The monoisotopic (exact) mass is 839 g/mol. The van der Waals surface area contributed by atoms with E-state index in [0.717, 1.165) is 28.9 Å². The molecule has 3 aromatic carbocycles. The van der Waals surface area contributed by atoms with Gasteiger partial charge in [0.1, 0.15) is 16.7 Å². The van der Waals surface area contributed by atoms with Crippen molar-refractivity contribution in [3.63, 3.8) is 0 Å². The number of benzene rings is 3. The maximum Gasteiger partial charge on any atom is 0.335 e. The van der Waals surface area contributed by atoms with Gasteiger partial charge in [0.2, 0.25) is 15.9 Å². The Hall–Kier alpha value is -4.21. The Morgan fingerprint density at radius 2 is 1.74 bits per heavy atom. The molecule has 0 bridgehead atoms. The Labute approximate surface area is 317 Å². The van der Waals surface area contributed by atoms with E-state index in [0.29, 0.717) is 11.5 Å². The highest BCUT2D eigenvalue weighted by Crippen LogP contribution is 2.44. The van der Waals surface area contributed by atoms with E-state index < -0.39 is 67.0 Å². The Morgan fingerprint density at radius 1 is 1.06 bits per heavy atom. The minimum atomic E-state index is -5.03. The van der Waals surface area contributed by atoms with E-state index in [4.69, 9.17) is 16.3 Å². The van der Waals surface area contributed by atoms with Crippen LogP contribution in [0.25, 0.3) is 0 Å². The second-order valence-electron chi connectivity index (χ2n) is 13.5.